The first-order valence-corrected chi connectivity index (χ1v) is 6.56. The summed E-state index contributed by atoms with van der Waals surface area (Å²) in [6.07, 6.45) is 2.12. The van der Waals surface area contributed by atoms with Gasteiger partial charge in [-0.1, -0.05) is 51.1 Å². The van der Waals surface area contributed by atoms with Crippen molar-refractivity contribution in [2.45, 2.75) is 46.5 Å². The Labute approximate surface area is 105 Å². The third-order valence-corrected chi connectivity index (χ3v) is 3.36. The Morgan fingerprint density at radius 3 is 2.12 bits per heavy atom. The third-order valence-electron chi connectivity index (χ3n) is 3.36. The number of benzene rings is 1. The first kappa shape index (κ1) is 14.0. The van der Waals surface area contributed by atoms with Crippen LogP contribution in [0.15, 0.2) is 30.3 Å². The molecular formula is C16H24O. The van der Waals surface area contributed by atoms with Gasteiger partial charge in [0.25, 0.3) is 0 Å². The van der Waals surface area contributed by atoms with Gasteiger partial charge in [0, 0.05) is 5.92 Å². The van der Waals surface area contributed by atoms with Gasteiger partial charge >= 0.3 is 0 Å². The first-order valence-electron chi connectivity index (χ1n) is 6.56. The molecule has 0 heterocycles. The smallest absolute Gasteiger partial charge is 0.132 e. The van der Waals surface area contributed by atoms with Gasteiger partial charge in [-0.05, 0) is 37.2 Å². The number of hydrogen-bond acceptors (Lipinski definition) is 1. The van der Waals surface area contributed by atoms with E-state index in [1.807, 2.05) is 13.0 Å². The zero-order valence-electron chi connectivity index (χ0n) is 11.4. The van der Waals surface area contributed by atoms with Gasteiger partial charge in [-0.15, -0.1) is 0 Å². The van der Waals surface area contributed by atoms with Crippen LogP contribution in [0.25, 0.3) is 0 Å². The van der Waals surface area contributed by atoms with E-state index in [0.29, 0.717) is 17.6 Å². The molecule has 0 saturated heterocycles. The summed E-state index contributed by atoms with van der Waals surface area (Å²) in [6, 6.07) is 10.6. The molecule has 0 aliphatic carbocycles. The number of rotatable bonds is 6. The highest BCUT2D eigenvalue weighted by Gasteiger charge is 2.18. The average molecular weight is 232 g/mol. The van der Waals surface area contributed by atoms with Gasteiger partial charge in [0.1, 0.15) is 5.78 Å². The van der Waals surface area contributed by atoms with Crippen LogP contribution in [0, 0.1) is 11.8 Å². The number of Topliss-reactive ketones (excluding diaryl/α,β-unsaturated/α-hetero) is 1. The Morgan fingerprint density at radius 2 is 1.65 bits per heavy atom. The van der Waals surface area contributed by atoms with Gasteiger partial charge in [0.2, 0.25) is 0 Å². The van der Waals surface area contributed by atoms with Crippen molar-refractivity contribution in [3.63, 3.8) is 0 Å². The second kappa shape index (κ2) is 6.58. The van der Waals surface area contributed by atoms with Gasteiger partial charge in [-0.25, -0.2) is 0 Å². The van der Waals surface area contributed by atoms with E-state index in [4.69, 9.17) is 0 Å². The molecule has 0 bridgehead atoms. The molecule has 0 N–H and O–H groups in total. The maximum atomic E-state index is 11.4. The maximum Gasteiger partial charge on any atom is 0.132 e. The fourth-order valence-electron chi connectivity index (χ4n) is 2.26. The van der Waals surface area contributed by atoms with Crippen LogP contribution in [-0.2, 0) is 4.79 Å². The lowest BCUT2D eigenvalue weighted by Gasteiger charge is -2.22. The Balaban J connectivity index is 2.77. The normalized spacial score (nSPS) is 14.6. The van der Waals surface area contributed by atoms with Gasteiger partial charge < -0.3 is 0 Å². The summed E-state index contributed by atoms with van der Waals surface area (Å²) in [5, 5.41) is 0. The molecule has 0 aliphatic rings. The van der Waals surface area contributed by atoms with Crippen LogP contribution in [0.2, 0.25) is 0 Å². The van der Waals surface area contributed by atoms with Crippen molar-refractivity contribution in [1.29, 1.82) is 0 Å². The van der Waals surface area contributed by atoms with E-state index in [2.05, 4.69) is 38.1 Å². The molecule has 1 rings (SSSR count). The number of carbonyl (C=O) groups is 1. The monoisotopic (exact) mass is 232 g/mol. The predicted octanol–water partition coefficient (Wildman–Crippen LogP) is 4.43. The SMILES string of the molecule is CC(=O)C(C)CC(CC(C)C)c1ccccc1. The lowest BCUT2D eigenvalue weighted by molar-refractivity contribution is -0.120. The summed E-state index contributed by atoms with van der Waals surface area (Å²) in [7, 11) is 0. The molecular weight excluding hydrogens is 208 g/mol. The van der Waals surface area contributed by atoms with Gasteiger partial charge in [-0.2, -0.15) is 0 Å². The Bertz CT molecular complexity index is 340. The highest BCUT2D eigenvalue weighted by molar-refractivity contribution is 5.77. The fraction of sp³-hybridized carbons (Fsp3) is 0.562. The minimum absolute atomic E-state index is 0.166. The number of ketones is 1. The largest absolute Gasteiger partial charge is 0.300 e. The quantitative estimate of drug-likeness (QED) is 0.709. The Kier molecular flexibility index (Phi) is 5.40. The Hall–Kier alpha value is -1.11. The summed E-state index contributed by atoms with van der Waals surface area (Å²) in [6.45, 7) is 8.23. The van der Waals surface area contributed by atoms with Crippen molar-refractivity contribution in [3.8, 4) is 0 Å². The summed E-state index contributed by atoms with van der Waals surface area (Å²) >= 11 is 0. The van der Waals surface area contributed by atoms with Gasteiger partial charge in [-0.3, -0.25) is 4.79 Å². The highest BCUT2D eigenvalue weighted by Crippen LogP contribution is 2.30. The summed E-state index contributed by atoms with van der Waals surface area (Å²) in [4.78, 5) is 11.4. The van der Waals surface area contributed by atoms with E-state index in [9.17, 15) is 4.79 Å². The van der Waals surface area contributed by atoms with E-state index in [1.165, 1.54) is 5.56 Å². The molecule has 94 valence electrons. The van der Waals surface area contributed by atoms with E-state index in [1.54, 1.807) is 6.92 Å². The maximum absolute atomic E-state index is 11.4. The number of hydrogen-bond donors (Lipinski definition) is 0. The first-order chi connectivity index (χ1) is 8.00. The molecule has 0 saturated carbocycles. The van der Waals surface area contributed by atoms with E-state index in [0.717, 1.165) is 12.8 Å². The van der Waals surface area contributed by atoms with E-state index >= 15 is 0 Å². The molecule has 2 unspecified atom stereocenters. The van der Waals surface area contributed by atoms with Crippen molar-refractivity contribution in [1.82, 2.24) is 0 Å². The van der Waals surface area contributed by atoms with Crippen molar-refractivity contribution >= 4 is 5.78 Å². The minimum atomic E-state index is 0.166. The van der Waals surface area contributed by atoms with Crippen LogP contribution in [0.4, 0.5) is 0 Å². The minimum Gasteiger partial charge on any atom is -0.300 e. The van der Waals surface area contributed by atoms with E-state index in [-0.39, 0.29) is 5.92 Å². The molecule has 0 amide bonds. The average Bonchev–Trinajstić information content (AvgIpc) is 2.28. The van der Waals surface area contributed by atoms with Crippen LogP contribution in [0.3, 0.4) is 0 Å². The fourth-order valence-corrected chi connectivity index (χ4v) is 2.26. The van der Waals surface area contributed by atoms with Crippen molar-refractivity contribution in [2.75, 3.05) is 0 Å². The predicted molar refractivity (Wildman–Crippen MR) is 73.1 cm³/mol. The molecule has 1 aromatic rings. The second-order valence-electron chi connectivity index (χ2n) is 5.48. The molecule has 17 heavy (non-hydrogen) atoms. The second-order valence-corrected chi connectivity index (χ2v) is 5.48. The number of carbonyl (C=O) groups excluding carboxylic acids is 1. The third kappa shape index (κ3) is 4.72. The molecule has 1 heteroatoms. The molecule has 0 spiro atoms. The lowest BCUT2D eigenvalue weighted by atomic mass is 9.83. The summed E-state index contributed by atoms with van der Waals surface area (Å²) < 4.78 is 0. The molecule has 0 aliphatic heterocycles. The van der Waals surface area contributed by atoms with Crippen LogP contribution in [0.1, 0.15) is 52.0 Å². The standard InChI is InChI=1S/C16H24O/c1-12(2)10-16(11-13(3)14(4)17)15-8-6-5-7-9-15/h5-9,12-13,16H,10-11H2,1-4H3. The molecule has 1 aromatic carbocycles. The molecule has 0 aromatic heterocycles. The molecule has 2 atom stereocenters. The van der Waals surface area contributed by atoms with Crippen LogP contribution >= 0.6 is 0 Å². The van der Waals surface area contributed by atoms with Crippen LogP contribution in [0.5, 0.6) is 0 Å². The van der Waals surface area contributed by atoms with Gasteiger partial charge in [0.05, 0.1) is 0 Å². The highest BCUT2D eigenvalue weighted by atomic mass is 16.1. The lowest BCUT2D eigenvalue weighted by Crippen LogP contribution is -2.13. The Morgan fingerprint density at radius 1 is 1.06 bits per heavy atom. The van der Waals surface area contributed by atoms with Crippen LogP contribution < -0.4 is 0 Å². The van der Waals surface area contributed by atoms with Crippen LogP contribution in [-0.4, -0.2) is 5.78 Å². The summed E-state index contributed by atoms with van der Waals surface area (Å²) in [5.41, 5.74) is 1.37. The molecule has 0 fully saturated rings. The van der Waals surface area contributed by atoms with Crippen molar-refractivity contribution in [2.24, 2.45) is 11.8 Å². The van der Waals surface area contributed by atoms with E-state index < -0.39 is 0 Å². The molecule has 1 nitrogen and oxygen atoms in total. The van der Waals surface area contributed by atoms with Crippen molar-refractivity contribution in [3.05, 3.63) is 35.9 Å². The topological polar surface area (TPSA) is 17.1 Å². The zero-order valence-corrected chi connectivity index (χ0v) is 11.4. The molecule has 0 radical (unpaired) electrons. The van der Waals surface area contributed by atoms with Crippen molar-refractivity contribution < 1.29 is 4.79 Å². The van der Waals surface area contributed by atoms with Gasteiger partial charge in [0.15, 0.2) is 0 Å². The summed E-state index contributed by atoms with van der Waals surface area (Å²) in [5.74, 6) is 1.64. The zero-order chi connectivity index (χ0) is 12.8.